The minimum Gasteiger partial charge on any atom is -0.382 e. The molecule has 0 radical (unpaired) electrons. The first-order valence-electron chi connectivity index (χ1n) is 5.31. The fraction of sp³-hybridized carbons (Fsp3) is 0.0909. The van der Waals surface area contributed by atoms with Crippen molar-refractivity contribution in [3.05, 3.63) is 51.3 Å². The van der Waals surface area contributed by atoms with E-state index in [1.807, 2.05) is 0 Å². The predicted molar refractivity (Wildman–Crippen MR) is 71.9 cm³/mol. The fourth-order valence-electron chi connectivity index (χ4n) is 1.52. The maximum Gasteiger partial charge on any atom is 0.274 e. The molecule has 0 aliphatic carbocycles. The Hall–Kier alpha value is -2.41. The van der Waals surface area contributed by atoms with Gasteiger partial charge in [0.05, 0.1) is 4.92 Å². The molecule has 0 bridgehead atoms. The van der Waals surface area contributed by atoms with E-state index < -0.39 is 4.92 Å². The second-order valence-electron chi connectivity index (χ2n) is 3.66. The average Bonchev–Trinajstić information content (AvgIpc) is 2.40. The van der Waals surface area contributed by atoms with Crippen LogP contribution in [0.5, 0.6) is 0 Å². The third-order valence-corrected chi connectivity index (χ3v) is 2.82. The van der Waals surface area contributed by atoms with Crippen LogP contribution in [0.15, 0.2) is 30.6 Å². The minimum absolute atomic E-state index is 0.0353. The molecule has 0 saturated heterocycles. The molecule has 8 heteroatoms. The highest BCUT2D eigenvalue weighted by molar-refractivity contribution is 6.35. The van der Waals surface area contributed by atoms with Gasteiger partial charge in [0.1, 0.15) is 17.2 Å². The van der Waals surface area contributed by atoms with Gasteiger partial charge < -0.3 is 11.1 Å². The van der Waals surface area contributed by atoms with Crippen LogP contribution in [-0.2, 0) is 6.54 Å². The van der Waals surface area contributed by atoms with Crippen molar-refractivity contribution >= 4 is 28.9 Å². The molecule has 0 saturated carbocycles. The smallest absolute Gasteiger partial charge is 0.274 e. The Labute approximate surface area is 113 Å². The Morgan fingerprint density at radius 2 is 2.11 bits per heavy atom. The summed E-state index contributed by atoms with van der Waals surface area (Å²) in [5.74, 6) is 0.494. The van der Waals surface area contributed by atoms with Gasteiger partial charge in [-0.1, -0.05) is 29.8 Å². The Kier molecular flexibility index (Phi) is 3.76. The lowest BCUT2D eigenvalue weighted by Crippen LogP contribution is -2.06. The third-order valence-electron chi connectivity index (χ3n) is 2.45. The van der Waals surface area contributed by atoms with Crippen LogP contribution in [-0.4, -0.2) is 14.9 Å². The molecule has 0 spiro atoms. The van der Waals surface area contributed by atoms with E-state index in [4.69, 9.17) is 17.3 Å². The van der Waals surface area contributed by atoms with Crippen molar-refractivity contribution in [2.75, 3.05) is 11.1 Å². The number of hydrogen-bond donors (Lipinski definition) is 2. The van der Waals surface area contributed by atoms with E-state index in [1.54, 1.807) is 18.2 Å². The molecule has 19 heavy (non-hydrogen) atoms. The van der Waals surface area contributed by atoms with Crippen molar-refractivity contribution in [2.24, 2.45) is 0 Å². The number of nitrogens with two attached hydrogens (primary N) is 1. The number of nitrogens with zero attached hydrogens (tertiary/aromatic N) is 3. The van der Waals surface area contributed by atoms with Crippen molar-refractivity contribution < 1.29 is 4.92 Å². The molecule has 98 valence electrons. The molecule has 1 aromatic carbocycles. The zero-order valence-corrected chi connectivity index (χ0v) is 10.5. The van der Waals surface area contributed by atoms with Gasteiger partial charge in [-0.3, -0.25) is 10.1 Å². The summed E-state index contributed by atoms with van der Waals surface area (Å²) in [4.78, 5) is 18.1. The number of benzene rings is 1. The van der Waals surface area contributed by atoms with Crippen LogP contribution in [0.1, 0.15) is 5.56 Å². The van der Waals surface area contributed by atoms with E-state index in [1.165, 1.54) is 12.4 Å². The van der Waals surface area contributed by atoms with Gasteiger partial charge in [0.2, 0.25) is 0 Å². The molecule has 2 rings (SSSR count). The van der Waals surface area contributed by atoms with Crippen molar-refractivity contribution in [2.45, 2.75) is 6.54 Å². The Bertz CT molecular complexity index is 620. The first-order valence-corrected chi connectivity index (χ1v) is 5.69. The average molecular weight is 280 g/mol. The molecule has 0 unspecified atom stereocenters. The van der Waals surface area contributed by atoms with Crippen LogP contribution in [0.4, 0.5) is 17.3 Å². The Balaban J connectivity index is 2.19. The van der Waals surface area contributed by atoms with Crippen LogP contribution in [0.2, 0.25) is 5.02 Å². The van der Waals surface area contributed by atoms with Gasteiger partial charge in [-0.05, 0) is 0 Å². The van der Waals surface area contributed by atoms with E-state index in [-0.39, 0.29) is 23.1 Å². The summed E-state index contributed by atoms with van der Waals surface area (Å²) in [6, 6.07) is 6.42. The first kappa shape index (κ1) is 13.0. The molecule has 0 atom stereocenters. The van der Waals surface area contributed by atoms with Crippen LogP contribution in [0.3, 0.4) is 0 Å². The van der Waals surface area contributed by atoms with Gasteiger partial charge in [0.25, 0.3) is 5.69 Å². The number of nitrogens with one attached hydrogen (secondary N) is 1. The molecule has 0 fully saturated rings. The van der Waals surface area contributed by atoms with E-state index in [9.17, 15) is 10.1 Å². The van der Waals surface area contributed by atoms with Gasteiger partial charge in [-0.25, -0.2) is 9.97 Å². The first-order chi connectivity index (χ1) is 9.09. The second-order valence-corrected chi connectivity index (χ2v) is 4.04. The van der Waals surface area contributed by atoms with Crippen LogP contribution in [0.25, 0.3) is 0 Å². The summed E-state index contributed by atoms with van der Waals surface area (Å²) < 4.78 is 0. The van der Waals surface area contributed by atoms with Gasteiger partial charge in [-0.15, -0.1) is 0 Å². The maximum absolute atomic E-state index is 10.9. The fourth-order valence-corrected chi connectivity index (χ4v) is 1.69. The maximum atomic E-state index is 10.9. The third kappa shape index (κ3) is 2.89. The van der Waals surface area contributed by atoms with Gasteiger partial charge >= 0.3 is 0 Å². The number of nitrogen functional groups attached to an aromatic ring is 1. The van der Waals surface area contributed by atoms with Gasteiger partial charge in [-0.2, -0.15) is 0 Å². The molecule has 1 aromatic heterocycles. The SMILES string of the molecule is Nc1ncnc(NCc2ccccc2[N+](=O)[O-])c1Cl. The summed E-state index contributed by atoms with van der Waals surface area (Å²) in [6.07, 6.45) is 1.27. The minimum atomic E-state index is -0.438. The van der Waals surface area contributed by atoms with Crippen molar-refractivity contribution in [3.63, 3.8) is 0 Å². The molecule has 0 aliphatic heterocycles. The van der Waals surface area contributed by atoms with Crippen molar-refractivity contribution in [1.29, 1.82) is 0 Å². The lowest BCUT2D eigenvalue weighted by Gasteiger charge is -2.08. The van der Waals surface area contributed by atoms with Crippen LogP contribution < -0.4 is 11.1 Å². The lowest BCUT2D eigenvalue weighted by atomic mass is 10.2. The molecule has 0 aliphatic rings. The normalized spacial score (nSPS) is 10.2. The van der Waals surface area contributed by atoms with E-state index in [0.717, 1.165) is 0 Å². The van der Waals surface area contributed by atoms with E-state index in [0.29, 0.717) is 11.4 Å². The number of aromatic nitrogens is 2. The number of halogens is 1. The monoisotopic (exact) mass is 279 g/mol. The van der Waals surface area contributed by atoms with Crippen LogP contribution in [0, 0.1) is 10.1 Å². The van der Waals surface area contributed by atoms with Crippen molar-refractivity contribution in [3.8, 4) is 0 Å². The summed E-state index contributed by atoms with van der Waals surface area (Å²) in [6.45, 7) is 0.216. The Morgan fingerprint density at radius 1 is 1.37 bits per heavy atom. The number of hydrogen-bond acceptors (Lipinski definition) is 6. The summed E-state index contributed by atoms with van der Waals surface area (Å²) in [7, 11) is 0. The zero-order chi connectivity index (χ0) is 13.8. The molecule has 3 N–H and O–H groups in total. The van der Waals surface area contributed by atoms with E-state index >= 15 is 0 Å². The molecule has 0 amide bonds. The van der Waals surface area contributed by atoms with E-state index in [2.05, 4.69) is 15.3 Å². The highest BCUT2D eigenvalue weighted by atomic mass is 35.5. The molecule has 2 aromatic rings. The number of rotatable bonds is 4. The number of nitro benzene ring substituents is 1. The largest absolute Gasteiger partial charge is 0.382 e. The number of nitro groups is 1. The highest BCUT2D eigenvalue weighted by Crippen LogP contribution is 2.25. The quantitative estimate of drug-likeness (QED) is 0.656. The zero-order valence-electron chi connectivity index (χ0n) is 9.71. The van der Waals surface area contributed by atoms with Crippen LogP contribution >= 0.6 is 11.6 Å². The lowest BCUT2D eigenvalue weighted by molar-refractivity contribution is -0.385. The topological polar surface area (TPSA) is 107 Å². The molecular weight excluding hydrogens is 270 g/mol. The second kappa shape index (κ2) is 5.49. The highest BCUT2D eigenvalue weighted by Gasteiger charge is 2.13. The molecule has 1 heterocycles. The summed E-state index contributed by atoms with van der Waals surface area (Å²) in [5.41, 5.74) is 6.10. The van der Waals surface area contributed by atoms with Gasteiger partial charge in [0.15, 0.2) is 5.82 Å². The van der Waals surface area contributed by atoms with Crippen molar-refractivity contribution in [1.82, 2.24) is 9.97 Å². The molecular formula is C11H10ClN5O2. The summed E-state index contributed by atoms with van der Waals surface area (Å²) >= 11 is 5.92. The number of para-hydroxylation sites is 1. The van der Waals surface area contributed by atoms with Gasteiger partial charge in [0, 0.05) is 18.2 Å². The number of anilines is 2. The summed E-state index contributed by atoms with van der Waals surface area (Å²) in [5, 5.41) is 14.0. The standard InChI is InChI=1S/C11H10ClN5O2/c12-9-10(13)15-6-16-11(9)14-5-7-3-1-2-4-8(7)17(18)19/h1-4,6H,5H2,(H3,13,14,15,16). The Morgan fingerprint density at radius 3 is 2.84 bits per heavy atom. The molecule has 7 nitrogen and oxygen atoms in total. The predicted octanol–water partition coefficient (Wildman–Crippen LogP) is 2.23.